The molecule has 146 valence electrons. The second-order valence-electron chi connectivity index (χ2n) is 7.17. The van der Waals surface area contributed by atoms with Crippen molar-refractivity contribution in [2.24, 2.45) is 0 Å². The molecule has 0 spiro atoms. The van der Waals surface area contributed by atoms with Gasteiger partial charge in [0.2, 0.25) is 0 Å². The number of benzene rings is 2. The van der Waals surface area contributed by atoms with Gasteiger partial charge >= 0.3 is 6.09 Å². The number of hydrogen-bond donors (Lipinski definition) is 1. The predicted molar refractivity (Wildman–Crippen MR) is 99.5 cm³/mol. The zero-order chi connectivity index (χ0) is 19.7. The number of amides is 2. The van der Waals surface area contributed by atoms with E-state index in [9.17, 15) is 19.1 Å². The van der Waals surface area contributed by atoms with E-state index in [1.54, 1.807) is 34.1 Å². The maximum Gasteiger partial charge on any atom is 0.410 e. The molecule has 2 aromatic carbocycles. The van der Waals surface area contributed by atoms with E-state index in [1.165, 1.54) is 24.3 Å². The van der Waals surface area contributed by atoms with Crippen LogP contribution in [-0.2, 0) is 11.2 Å². The molecule has 0 aliphatic carbocycles. The van der Waals surface area contributed by atoms with Gasteiger partial charge in [-0.2, -0.15) is 0 Å². The van der Waals surface area contributed by atoms with Crippen molar-refractivity contribution < 1.29 is 23.8 Å². The van der Waals surface area contributed by atoms with Crippen molar-refractivity contribution in [3.63, 3.8) is 0 Å². The van der Waals surface area contributed by atoms with Gasteiger partial charge in [-0.1, -0.05) is 18.2 Å². The molecule has 0 aromatic heterocycles. The zero-order valence-corrected chi connectivity index (χ0v) is 15.3. The molecule has 1 N–H and O–H groups in total. The van der Waals surface area contributed by atoms with Gasteiger partial charge in [0.15, 0.2) is 0 Å². The first-order valence-electron chi connectivity index (χ1n) is 9.31. The summed E-state index contributed by atoms with van der Waals surface area (Å²) in [5.41, 5.74) is 1.42. The number of hydrogen-bond acceptors (Lipinski definition) is 4. The third kappa shape index (κ3) is 3.65. The number of nitrogens with zero attached hydrogens (tertiary/aromatic N) is 2. The average molecular weight is 384 g/mol. The first-order chi connectivity index (χ1) is 13.5. The lowest BCUT2D eigenvalue weighted by atomic mass is 10.1. The second-order valence-corrected chi connectivity index (χ2v) is 7.17. The largest absolute Gasteiger partial charge is 0.508 e. The SMILES string of the molecule is O=C(c1cccc(O)c1)N1C[C@@H]2OC(=O)N(CCCc3ccc(F)cc3)[C@@H]2C1. The quantitative estimate of drug-likeness (QED) is 0.861. The number of phenols is 1. The Labute approximate surface area is 162 Å². The molecule has 2 fully saturated rings. The summed E-state index contributed by atoms with van der Waals surface area (Å²) in [6, 6.07) is 12.4. The fourth-order valence-electron chi connectivity index (χ4n) is 3.85. The number of likely N-dealkylation sites (tertiary alicyclic amines) is 1. The van der Waals surface area contributed by atoms with Gasteiger partial charge in [-0.15, -0.1) is 0 Å². The average Bonchev–Trinajstić information content (AvgIpc) is 3.21. The molecular formula is C21H21FN2O4. The molecule has 28 heavy (non-hydrogen) atoms. The van der Waals surface area contributed by atoms with Gasteiger partial charge in [-0.05, 0) is 48.7 Å². The Bertz CT molecular complexity index is 886. The van der Waals surface area contributed by atoms with Gasteiger partial charge in [0.1, 0.15) is 17.7 Å². The van der Waals surface area contributed by atoms with Crippen LogP contribution in [0.4, 0.5) is 9.18 Å². The van der Waals surface area contributed by atoms with Gasteiger partial charge in [-0.25, -0.2) is 9.18 Å². The topological polar surface area (TPSA) is 70.1 Å². The molecule has 2 saturated heterocycles. The van der Waals surface area contributed by atoms with Crippen molar-refractivity contribution in [3.8, 4) is 5.75 Å². The number of halogens is 1. The van der Waals surface area contributed by atoms with Crippen LogP contribution in [0, 0.1) is 5.82 Å². The molecule has 2 atom stereocenters. The van der Waals surface area contributed by atoms with Crippen LogP contribution in [0.1, 0.15) is 22.3 Å². The zero-order valence-electron chi connectivity index (χ0n) is 15.3. The van der Waals surface area contributed by atoms with Crippen molar-refractivity contribution in [1.29, 1.82) is 0 Å². The van der Waals surface area contributed by atoms with Crippen LogP contribution in [0.25, 0.3) is 0 Å². The van der Waals surface area contributed by atoms with Crippen molar-refractivity contribution >= 4 is 12.0 Å². The summed E-state index contributed by atoms with van der Waals surface area (Å²) in [6.45, 7) is 1.27. The number of aromatic hydroxyl groups is 1. The Balaban J connectivity index is 1.36. The normalized spacial score (nSPS) is 21.0. The third-order valence-electron chi connectivity index (χ3n) is 5.28. The Morgan fingerprint density at radius 3 is 2.71 bits per heavy atom. The van der Waals surface area contributed by atoms with Gasteiger partial charge in [0, 0.05) is 18.7 Å². The number of aryl methyl sites for hydroxylation is 1. The molecule has 2 aliphatic rings. The maximum atomic E-state index is 13.0. The van der Waals surface area contributed by atoms with Gasteiger partial charge in [0.05, 0.1) is 12.6 Å². The van der Waals surface area contributed by atoms with Crippen molar-refractivity contribution in [2.45, 2.75) is 25.0 Å². The van der Waals surface area contributed by atoms with Gasteiger partial charge in [-0.3, -0.25) is 9.69 Å². The molecule has 2 heterocycles. The first kappa shape index (κ1) is 18.3. The predicted octanol–water partition coefficient (Wildman–Crippen LogP) is 2.81. The summed E-state index contributed by atoms with van der Waals surface area (Å²) in [7, 11) is 0. The van der Waals surface area contributed by atoms with Crippen LogP contribution < -0.4 is 0 Å². The number of rotatable bonds is 5. The van der Waals surface area contributed by atoms with Crippen LogP contribution in [0.5, 0.6) is 5.75 Å². The van der Waals surface area contributed by atoms with Crippen molar-refractivity contribution in [2.75, 3.05) is 19.6 Å². The number of carbonyl (C=O) groups excluding carboxylic acids is 2. The lowest BCUT2D eigenvalue weighted by Gasteiger charge is -2.22. The Morgan fingerprint density at radius 2 is 1.96 bits per heavy atom. The number of ether oxygens (including phenoxy) is 1. The first-order valence-corrected chi connectivity index (χ1v) is 9.31. The van der Waals surface area contributed by atoms with E-state index in [2.05, 4.69) is 0 Å². The fourth-order valence-corrected chi connectivity index (χ4v) is 3.85. The lowest BCUT2D eigenvalue weighted by molar-refractivity contribution is 0.0727. The summed E-state index contributed by atoms with van der Waals surface area (Å²) in [5.74, 6) is -0.413. The Kier molecular flexibility index (Phi) is 4.90. The van der Waals surface area contributed by atoms with Crippen LogP contribution in [0.3, 0.4) is 0 Å². The van der Waals surface area contributed by atoms with Crippen molar-refractivity contribution in [3.05, 3.63) is 65.5 Å². The lowest BCUT2D eigenvalue weighted by Crippen LogP contribution is -2.39. The summed E-state index contributed by atoms with van der Waals surface area (Å²) < 4.78 is 18.4. The molecule has 2 aromatic rings. The van der Waals surface area contributed by atoms with E-state index in [0.717, 1.165) is 18.4 Å². The molecule has 2 amide bonds. The molecule has 0 radical (unpaired) electrons. The van der Waals surface area contributed by atoms with Crippen LogP contribution >= 0.6 is 0 Å². The molecule has 0 saturated carbocycles. The number of carbonyl (C=O) groups is 2. The molecular weight excluding hydrogens is 363 g/mol. The van der Waals surface area contributed by atoms with Crippen molar-refractivity contribution in [1.82, 2.24) is 9.80 Å². The van der Waals surface area contributed by atoms with E-state index >= 15 is 0 Å². The molecule has 0 unspecified atom stereocenters. The van der Waals surface area contributed by atoms with E-state index < -0.39 is 0 Å². The monoisotopic (exact) mass is 384 g/mol. The summed E-state index contributed by atoms with van der Waals surface area (Å²) in [6.07, 6.45) is 0.774. The van der Waals surface area contributed by atoms with Crippen LogP contribution in [0.2, 0.25) is 0 Å². The van der Waals surface area contributed by atoms with Gasteiger partial charge in [0.25, 0.3) is 5.91 Å². The standard InChI is InChI=1S/C21H21FN2O4/c22-16-8-6-14(7-9-16)3-2-10-24-18-12-23(13-19(18)28-21(24)27)20(26)15-4-1-5-17(25)11-15/h1,4-9,11,18-19,25H,2-3,10,12-13H2/t18-,19+/m1/s1. The second kappa shape index (κ2) is 7.50. The minimum atomic E-state index is -0.349. The Hall–Kier alpha value is -3.09. The van der Waals surface area contributed by atoms with Crippen LogP contribution in [0.15, 0.2) is 48.5 Å². The van der Waals surface area contributed by atoms with E-state index in [-0.39, 0.29) is 35.7 Å². The summed E-state index contributed by atoms with van der Waals surface area (Å²) in [4.78, 5) is 28.2. The minimum Gasteiger partial charge on any atom is -0.508 e. The summed E-state index contributed by atoms with van der Waals surface area (Å²) >= 11 is 0. The Morgan fingerprint density at radius 1 is 1.18 bits per heavy atom. The summed E-state index contributed by atoms with van der Waals surface area (Å²) in [5, 5.41) is 9.58. The highest BCUT2D eigenvalue weighted by Crippen LogP contribution is 2.28. The highest BCUT2D eigenvalue weighted by molar-refractivity contribution is 5.95. The highest BCUT2D eigenvalue weighted by Gasteiger charge is 2.48. The molecule has 4 rings (SSSR count). The van der Waals surface area contributed by atoms with E-state index in [4.69, 9.17) is 4.74 Å². The maximum absolute atomic E-state index is 13.0. The fraction of sp³-hybridized carbons (Fsp3) is 0.333. The van der Waals surface area contributed by atoms with Crippen LogP contribution in [-0.4, -0.2) is 58.7 Å². The third-order valence-corrected chi connectivity index (χ3v) is 5.28. The van der Waals surface area contributed by atoms with Gasteiger partial charge < -0.3 is 14.7 Å². The minimum absolute atomic E-state index is 0.0408. The number of phenolic OH excluding ortho intramolecular Hbond substituents is 1. The van der Waals surface area contributed by atoms with E-state index in [1.807, 2.05) is 0 Å². The highest BCUT2D eigenvalue weighted by atomic mass is 19.1. The molecule has 6 nitrogen and oxygen atoms in total. The smallest absolute Gasteiger partial charge is 0.410 e. The molecule has 7 heteroatoms. The molecule has 0 bridgehead atoms. The molecule has 2 aliphatic heterocycles. The number of fused-ring (bicyclic) bond motifs is 1. The van der Waals surface area contributed by atoms with E-state index in [0.29, 0.717) is 25.2 Å².